The highest BCUT2D eigenvalue weighted by Crippen LogP contribution is 2.44. The van der Waals surface area contributed by atoms with Gasteiger partial charge in [-0.15, -0.1) is 10.2 Å². The summed E-state index contributed by atoms with van der Waals surface area (Å²) >= 11 is 10.4. The number of benzene rings is 2. The monoisotopic (exact) mass is 556 g/mol. The first kappa shape index (κ1) is 23.4. The molecule has 2 N–H and O–H groups in total. The zero-order chi connectivity index (χ0) is 24.7. The fourth-order valence-electron chi connectivity index (χ4n) is 4.48. The minimum atomic E-state index is -1.05. The van der Waals surface area contributed by atoms with E-state index in [9.17, 15) is 9.90 Å². The predicted octanol–water partition coefficient (Wildman–Crippen LogP) is 5.80. The van der Waals surface area contributed by atoms with Crippen molar-refractivity contribution in [3.63, 3.8) is 0 Å². The molecule has 1 aliphatic rings. The number of unbranched alkanes of at least 4 members (excludes halogenated alkanes) is 1. The number of anilines is 1. The second-order valence-electron chi connectivity index (χ2n) is 8.25. The van der Waals surface area contributed by atoms with Crippen LogP contribution >= 0.6 is 27.5 Å². The van der Waals surface area contributed by atoms with Gasteiger partial charge in [-0.05, 0) is 52.2 Å². The normalized spacial score (nSPS) is 16.1. The van der Waals surface area contributed by atoms with Crippen LogP contribution < -0.4 is 4.90 Å². The third-order valence-electron chi connectivity index (χ3n) is 6.17. The molecule has 0 saturated heterocycles. The molecule has 11 heteroatoms. The second kappa shape index (κ2) is 9.35. The Balaban J connectivity index is 1.61. The number of carboxylic acid groups (broad SMARTS) is 1. The van der Waals surface area contributed by atoms with Gasteiger partial charge in [0.1, 0.15) is 22.7 Å². The molecule has 2 aromatic carbocycles. The topological polar surface area (TPSA) is 111 Å². The van der Waals surface area contributed by atoms with Crippen molar-refractivity contribution in [3.8, 4) is 22.7 Å². The minimum absolute atomic E-state index is 0.0915. The quantitative estimate of drug-likeness (QED) is 0.274. The number of halogens is 2. The number of tetrazole rings is 1. The summed E-state index contributed by atoms with van der Waals surface area (Å²) in [5.41, 5.74) is 3.14. The molecular formula is C24H22BrClN6O3. The molecule has 0 spiro atoms. The van der Waals surface area contributed by atoms with Crippen molar-refractivity contribution >= 4 is 50.2 Å². The Morgan fingerprint density at radius 1 is 1.26 bits per heavy atom. The molecule has 5 rings (SSSR count). The summed E-state index contributed by atoms with van der Waals surface area (Å²) in [5.74, 6) is 0.0459. The van der Waals surface area contributed by atoms with Gasteiger partial charge < -0.3 is 19.3 Å². The third-order valence-corrected chi connectivity index (χ3v) is 7.32. The molecule has 0 amide bonds. The lowest BCUT2D eigenvalue weighted by atomic mass is 10.0. The summed E-state index contributed by atoms with van der Waals surface area (Å²) in [6.07, 6.45) is 2.51. The Kier molecular flexibility index (Phi) is 6.24. The highest BCUT2D eigenvalue weighted by molar-refractivity contribution is 9.10. The standard InChI is InChI=1S/C24H22BrClN6O3/c1-3-4-9-18-31(2)20(24(33)34)22(26)32(18)13-10-11-17-16(12-13)19(25)21(35-17)14-7-5-6-8-15(14)23-27-29-30-28-23/h5-8,10-12,18H,3-4,9H2,1-2H3,(H,33,34)(H,27,28,29,30). The van der Waals surface area contributed by atoms with Gasteiger partial charge in [-0.1, -0.05) is 49.2 Å². The molecule has 3 heterocycles. The fourth-order valence-corrected chi connectivity index (χ4v) is 5.51. The van der Waals surface area contributed by atoms with Crippen molar-refractivity contribution in [2.45, 2.75) is 32.4 Å². The van der Waals surface area contributed by atoms with E-state index < -0.39 is 5.97 Å². The molecule has 1 aliphatic heterocycles. The van der Waals surface area contributed by atoms with Crippen molar-refractivity contribution in [1.29, 1.82) is 0 Å². The molecule has 0 aliphatic carbocycles. The van der Waals surface area contributed by atoms with Crippen LogP contribution in [0.15, 0.2) is 62.2 Å². The van der Waals surface area contributed by atoms with Crippen LogP contribution in [0, 0.1) is 0 Å². The number of furan rings is 1. The van der Waals surface area contributed by atoms with Crippen LogP contribution in [-0.4, -0.2) is 49.8 Å². The third kappa shape index (κ3) is 3.96. The van der Waals surface area contributed by atoms with Gasteiger partial charge in [0.05, 0.1) is 4.47 Å². The summed E-state index contributed by atoms with van der Waals surface area (Å²) in [4.78, 5) is 15.5. The number of aromatic nitrogens is 4. The maximum atomic E-state index is 11.9. The summed E-state index contributed by atoms with van der Waals surface area (Å²) in [5, 5.41) is 25.2. The zero-order valence-electron chi connectivity index (χ0n) is 19.0. The number of aliphatic carboxylic acids is 1. The molecule has 9 nitrogen and oxygen atoms in total. The van der Waals surface area contributed by atoms with Crippen molar-refractivity contribution in [1.82, 2.24) is 25.5 Å². The minimum Gasteiger partial charge on any atom is -0.476 e. The number of rotatable bonds is 7. The SMILES string of the molecule is CCCCC1N(C)C(C(=O)O)=C(Cl)N1c1ccc2oc(-c3ccccc3-c3nn[nH]n3)c(Br)c2c1. The van der Waals surface area contributed by atoms with E-state index in [4.69, 9.17) is 16.0 Å². The fraction of sp³-hybridized carbons (Fsp3) is 0.250. The van der Waals surface area contributed by atoms with Crippen molar-refractivity contribution < 1.29 is 14.3 Å². The lowest BCUT2D eigenvalue weighted by Gasteiger charge is -2.31. The van der Waals surface area contributed by atoms with Gasteiger partial charge in [0, 0.05) is 29.2 Å². The van der Waals surface area contributed by atoms with E-state index in [0.717, 1.165) is 45.9 Å². The van der Waals surface area contributed by atoms with E-state index in [1.165, 1.54) is 0 Å². The van der Waals surface area contributed by atoms with Gasteiger partial charge in [-0.25, -0.2) is 4.79 Å². The molecular weight excluding hydrogens is 536 g/mol. The summed E-state index contributed by atoms with van der Waals surface area (Å²) in [7, 11) is 1.77. The summed E-state index contributed by atoms with van der Waals surface area (Å²) < 4.78 is 7.00. The van der Waals surface area contributed by atoms with E-state index in [2.05, 4.69) is 43.5 Å². The molecule has 35 heavy (non-hydrogen) atoms. The molecule has 1 unspecified atom stereocenters. The number of aromatic amines is 1. The van der Waals surface area contributed by atoms with E-state index in [0.29, 0.717) is 17.2 Å². The number of hydrogen-bond donors (Lipinski definition) is 2. The number of H-pyrrole nitrogens is 1. The maximum Gasteiger partial charge on any atom is 0.355 e. The van der Waals surface area contributed by atoms with Gasteiger partial charge in [-0.2, -0.15) is 5.21 Å². The van der Waals surface area contributed by atoms with Gasteiger partial charge in [0.15, 0.2) is 5.70 Å². The Labute approximate surface area is 214 Å². The zero-order valence-corrected chi connectivity index (χ0v) is 21.3. The Hall–Kier alpha value is -3.37. The van der Waals surface area contributed by atoms with Crippen molar-refractivity contribution in [3.05, 3.63) is 57.8 Å². The van der Waals surface area contributed by atoms with Crippen LogP contribution in [0.25, 0.3) is 33.7 Å². The highest BCUT2D eigenvalue weighted by Gasteiger charge is 2.39. The average molecular weight is 558 g/mol. The molecule has 0 bridgehead atoms. The molecule has 2 aromatic heterocycles. The number of nitrogens with zero attached hydrogens (tertiary/aromatic N) is 5. The first-order valence-electron chi connectivity index (χ1n) is 11.1. The van der Waals surface area contributed by atoms with Gasteiger partial charge in [-0.3, -0.25) is 0 Å². The summed E-state index contributed by atoms with van der Waals surface area (Å²) in [6, 6.07) is 13.4. The molecule has 180 valence electrons. The largest absolute Gasteiger partial charge is 0.476 e. The van der Waals surface area contributed by atoms with Gasteiger partial charge >= 0.3 is 5.97 Å². The number of carbonyl (C=O) groups is 1. The second-order valence-corrected chi connectivity index (χ2v) is 9.41. The van der Waals surface area contributed by atoms with E-state index >= 15 is 0 Å². The predicted molar refractivity (Wildman–Crippen MR) is 137 cm³/mol. The number of nitrogens with one attached hydrogen (secondary N) is 1. The maximum absolute atomic E-state index is 11.9. The van der Waals surface area contributed by atoms with Crippen molar-refractivity contribution in [2.24, 2.45) is 0 Å². The first-order valence-corrected chi connectivity index (χ1v) is 12.3. The summed E-state index contributed by atoms with van der Waals surface area (Å²) in [6.45, 7) is 2.11. The molecule has 1 atom stereocenters. The van der Waals surface area contributed by atoms with Crippen molar-refractivity contribution in [2.75, 3.05) is 11.9 Å². The molecule has 4 aromatic rings. The van der Waals surface area contributed by atoms with Crippen LogP contribution in [0.3, 0.4) is 0 Å². The van der Waals surface area contributed by atoms with Gasteiger partial charge in [0.25, 0.3) is 0 Å². The number of carboxylic acids is 1. The number of fused-ring (bicyclic) bond motifs is 1. The van der Waals surface area contributed by atoms with Gasteiger partial charge in [0.2, 0.25) is 5.82 Å². The lowest BCUT2D eigenvalue weighted by molar-refractivity contribution is -0.134. The Bertz CT molecular complexity index is 1430. The van der Waals surface area contributed by atoms with Crippen LogP contribution in [0.4, 0.5) is 5.69 Å². The highest BCUT2D eigenvalue weighted by atomic mass is 79.9. The first-order chi connectivity index (χ1) is 16.9. The van der Waals surface area contributed by atoms with E-state index in [1.807, 2.05) is 47.4 Å². The van der Waals surface area contributed by atoms with Crippen LogP contribution in [-0.2, 0) is 4.79 Å². The molecule has 0 fully saturated rings. The Morgan fingerprint density at radius 3 is 2.71 bits per heavy atom. The molecule has 0 radical (unpaired) electrons. The van der Waals surface area contributed by atoms with Crippen LogP contribution in [0.2, 0.25) is 0 Å². The van der Waals surface area contributed by atoms with Crippen LogP contribution in [0.1, 0.15) is 26.2 Å². The number of hydrogen-bond acceptors (Lipinski definition) is 7. The van der Waals surface area contributed by atoms with E-state index in [-0.39, 0.29) is 17.0 Å². The average Bonchev–Trinajstić information content (AvgIpc) is 3.55. The number of likely N-dealkylation sites (N-methyl/N-ethyl adjacent to an activating group) is 1. The Morgan fingerprint density at radius 2 is 2.03 bits per heavy atom. The smallest absolute Gasteiger partial charge is 0.355 e. The van der Waals surface area contributed by atoms with E-state index in [1.54, 1.807) is 11.9 Å². The van der Waals surface area contributed by atoms with Crippen LogP contribution in [0.5, 0.6) is 0 Å². The molecule has 0 saturated carbocycles. The lowest BCUT2D eigenvalue weighted by Crippen LogP contribution is -2.39.